The Morgan fingerprint density at radius 3 is 1.70 bits per heavy atom. The summed E-state index contributed by atoms with van der Waals surface area (Å²) in [5, 5.41) is 27.7. The van der Waals surface area contributed by atoms with Crippen LogP contribution in [0.5, 0.6) is 0 Å². The zero-order valence-corrected chi connectivity index (χ0v) is 4.97. The van der Waals surface area contributed by atoms with E-state index in [4.69, 9.17) is 5.26 Å². The summed E-state index contributed by atoms with van der Waals surface area (Å²) in [4.78, 5) is 17.2. The van der Waals surface area contributed by atoms with Gasteiger partial charge in [0.05, 0.1) is 6.92 Å². The van der Waals surface area contributed by atoms with E-state index in [0.29, 0.717) is 6.92 Å². The zero-order chi connectivity index (χ0) is 8.36. The molecular formula is C3H3N3O4. The first-order valence-corrected chi connectivity index (χ1v) is 2.15. The molecule has 0 spiro atoms. The minimum Gasteiger partial charge on any atom is -0.257 e. The van der Waals surface area contributed by atoms with Crippen LogP contribution in [-0.2, 0) is 0 Å². The van der Waals surface area contributed by atoms with Crippen LogP contribution in [-0.4, -0.2) is 15.5 Å². The first-order valence-electron chi connectivity index (χ1n) is 2.15. The summed E-state index contributed by atoms with van der Waals surface area (Å²) in [5.41, 5.74) is -2.71. The Kier molecular flexibility index (Phi) is 1.88. The molecule has 10 heavy (non-hydrogen) atoms. The van der Waals surface area contributed by atoms with Gasteiger partial charge in [-0.05, 0) is 0 Å². The molecule has 0 atom stereocenters. The molecule has 0 radical (unpaired) electrons. The first-order chi connectivity index (χ1) is 4.45. The van der Waals surface area contributed by atoms with E-state index in [-0.39, 0.29) is 0 Å². The van der Waals surface area contributed by atoms with Gasteiger partial charge < -0.3 is 0 Å². The molecule has 7 nitrogen and oxygen atoms in total. The Hall–Kier alpha value is -1.71. The van der Waals surface area contributed by atoms with Crippen molar-refractivity contribution in [1.82, 2.24) is 0 Å². The molecule has 0 saturated heterocycles. The van der Waals surface area contributed by atoms with E-state index in [1.165, 1.54) is 0 Å². The summed E-state index contributed by atoms with van der Waals surface area (Å²) in [6, 6.07) is 0.979. The van der Waals surface area contributed by atoms with Crippen LogP contribution >= 0.6 is 0 Å². The average molecular weight is 145 g/mol. The Balaban J connectivity index is 4.78. The maximum Gasteiger partial charge on any atom is 0.540 e. The van der Waals surface area contributed by atoms with E-state index in [0.717, 1.165) is 6.07 Å². The minimum atomic E-state index is -2.71. The van der Waals surface area contributed by atoms with Gasteiger partial charge in [-0.2, -0.15) is 5.26 Å². The van der Waals surface area contributed by atoms with E-state index in [2.05, 4.69) is 0 Å². The third-order valence-electron chi connectivity index (χ3n) is 0.923. The molecule has 0 aliphatic heterocycles. The molecule has 0 aliphatic carbocycles. The molecule has 0 aromatic carbocycles. The first kappa shape index (κ1) is 8.29. The monoisotopic (exact) mass is 145 g/mol. The van der Waals surface area contributed by atoms with E-state index in [1.54, 1.807) is 0 Å². The molecule has 0 aliphatic rings. The molecular weight excluding hydrogens is 142 g/mol. The molecule has 0 heterocycles. The summed E-state index contributed by atoms with van der Waals surface area (Å²) in [7, 11) is 0. The fourth-order valence-corrected chi connectivity index (χ4v) is 0.148. The van der Waals surface area contributed by atoms with Gasteiger partial charge in [0.2, 0.25) is 6.07 Å². The minimum absolute atomic E-state index is 0.632. The molecule has 0 bridgehead atoms. The normalized spacial score (nSPS) is 10.0. The van der Waals surface area contributed by atoms with Gasteiger partial charge in [0.1, 0.15) is 9.85 Å². The summed E-state index contributed by atoms with van der Waals surface area (Å²) >= 11 is 0. The van der Waals surface area contributed by atoms with E-state index >= 15 is 0 Å². The zero-order valence-electron chi connectivity index (χ0n) is 4.97. The lowest BCUT2D eigenvalue weighted by Gasteiger charge is -2.01. The standard InChI is InChI=1S/C3H3N3O4/c1-3(2-4,5(7)8)6(9)10/h1H3. The lowest BCUT2D eigenvalue weighted by Crippen LogP contribution is -2.41. The highest BCUT2D eigenvalue weighted by Crippen LogP contribution is 2.06. The summed E-state index contributed by atoms with van der Waals surface area (Å²) in [6.45, 7) is 0.632. The van der Waals surface area contributed by atoms with E-state index < -0.39 is 15.5 Å². The van der Waals surface area contributed by atoms with Crippen LogP contribution in [0, 0.1) is 31.6 Å². The number of hydrogen-bond acceptors (Lipinski definition) is 5. The summed E-state index contributed by atoms with van der Waals surface area (Å²) in [5.74, 6) is 0. The Morgan fingerprint density at radius 2 is 1.70 bits per heavy atom. The average Bonchev–Trinajstić information content (AvgIpc) is 1.85. The molecule has 0 aromatic rings. The van der Waals surface area contributed by atoms with Crippen LogP contribution in [0.2, 0.25) is 0 Å². The van der Waals surface area contributed by atoms with Crippen molar-refractivity contribution in [2.75, 3.05) is 0 Å². The van der Waals surface area contributed by atoms with Gasteiger partial charge in [-0.1, -0.05) is 0 Å². The highest BCUT2D eigenvalue weighted by atomic mass is 16.7. The topological polar surface area (TPSA) is 110 Å². The molecule has 0 saturated carbocycles. The third kappa shape index (κ3) is 0.997. The van der Waals surface area contributed by atoms with Crippen molar-refractivity contribution in [3.63, 3.8) is 0 Å². The molecule has 7 heteroatoms. The van der Waals surface area contributed by atoms with E-state index in [1.807, 2.05) is 0 Å². The molecule has 0 fully saturated rings. The van der Waals surface area contributed by atoms with Gasteiger partial charge in [-0.25, -0.2) is 0 Å². The maximum absolute atomic E-state index is 9.84. The predicted molar refractivity (Wildman–Crippen MR) is 28.0 cm³/mol. The van der Waals surface area contributed by atoms with Crippen molar-refractivity contribution in [1.29, 1.82) is 5.26 Å². The molecule has 54 valence electrons. The summed E-state index contributed by atoms with van der Waals surface area (Å²) < 4.78 is 0. The Morgan fingerprint density at radius 1 is 1.40 bits per heavy atom. The van der Waals surface area contributed by atoms with Crippen molar-refractivity contribution in [2.45, 2.75) is 12.6 Å². The van der Waals surface area contributed by atoms with Crippen LogP contribution in [0.3, 0.4) is 0 Å². The number of hydrogen-bond donors (Lipinski definition) is 0. The predicted octanol–water partition coefficient (Wildman–Crippen LogP) is -0.220. The molecule has 0 rings (SSSR count). The molecule has 0 unspecified atom stereocenters. The van der Waals surface area contributed by atoms with Gasteiger partial charge >= 0.3 is 5.66 Å². The van der Waals surface area contributed by atoms with Crippen molar-refractivity contribution in [2.24, 2.45) is 0 Å². The summed E-state index contributed by atoms with van der Waals surface area (Å²) in [6.07, 6.45) is 0. The van der Waals surface area contributed by atoms with E-state index in [9.17, 15) is 20.2 Å². The Labute approximate surface area is 55.2 Å². The van der Waals surface area contributed by atoms with Crippen molar-refractivity contribution in [3.8, 4) is 6.07 Å². The highest BCUT2D eigenvalue weighted by molar-refractivity contribution is 4.87. The van der Waals surface area contributed by atoms with Crippen LogP contribution in [0.4, 0.5) is 0 Å². The lowest BCUT2D eigenvalue weighted by molar-refractivity contribution is -0.772. The third-order valence-corrected chi connectivity index (χ3v) is 0.923. The van der Waals surface area contributed by atoms with Crippen LogP contribution in [0.25, 0.3) is 0 Å². The lowest BCUT2D eigenvalue weighted by atomic mass is 10.3. The second-order valence-corrected chi connectivity index (χ2v) is 1.65. The van der Waals surface area contributed by atoms with Crippen LogP contribution < -0.4 is 0 Å². The largest absolute Gasteiger partial charge is 0.540 e. The van der Waals surface area contributed by atoms with Gasteiger partial charge in [0.15, 0.2) is 0 Å². The highest BCUT2D eigenvalue weighted by Gasteiger charge is 2.51. The number of nitriles is 1. The smallest absolute Gasteiger partial charge is 0.257 e. The van der Waals surface area contributed by atoms with Gasteiger partial charge in [0, 0.05) is 0 Å². The number of rotatable bonds is 2. The van der Waals surface area contributed by atoms with Gasteiger partial charge in [-0.3, -0.25) is 20.2 Å². The van der Waals surface area contributed by atoms with Crippen molar-refractivity contribution < 1.29 is 9.85 Å². The number of nitrogens with zero attached hydrogens (tertiary/aromatic N) is 3. The van der Waals surface area contributed by atoms with Gasteiger partial charge in [0.25, 0.3) is 0 Å². The second-order valence-electron chi connectivity index (χ2n) is 1.65. The van der Waals surface area contributed by atoms with Crippen LogP contribution in [0.1, 0.15) is 6.92 Å². The fraction of sp³-hybridized carbons (Fsp3) is 0.667. The number of nitro groups is 2. The molecule has 0 amide bonds. The SMILES string of the molecule is CC(C#N)([N+](=O)[O-])[N+](=O)[O-]. The maximum atomic E-state index is 9.84. The quantitative estimate of drug-likeness (QED) is 0.303. The molecule has 0 N–H and O–H groups in total. The Bertz CT molecular complexity index is 202. The molecule has 0 aromatic heterocycles. The second kappa shape index (κ2) is 2.26. The van der Waals surface area contributed by atoms with Crippen molar-refractivity contribution >= 4 is 0 Å². The van der Waals surface area contributed by atoms with Crippen LogP contribution in [0.15, 0.2) is 0 Å². The van der Waals surface area contributed by atoms with Crippen molar-refractivity contribution in [3.05, 3.63) is 20.2 Å². The fourth-order valence-electron chi connectivity index (χ4n) is 0.148. The van der Waals surface area contributed by atoms with Gasteiger partial charge in [-0.15, -0.1) is 0 Å².